The number of benzene rings is 1. The Morgan fingerprint density at radius 3 is 2.64 bits per heavy atom. The number of hydrogen-bond acceptors (Lipinski definition) is 3. The van der Waals surface area contributed by atoms with E-state index in [4.69, 9.17) is 11.6 Å². The predicted octanol–water partition coefficient (Wildman–Crippen LogP) is 1.52. The average molecular weight is 349 g/mol. The van der Waals surface area contributed by atoms with E-state index in [1.165, 1.54) is 16.4 Å². The van der Waals surface area contributed by atoms with Crippen LogP contribution >= 0.6 is 11.6 Å². The molecule has 1 aliphatic heterocycles. The highest BCUT2D eigenvalue weighted by Gasteiger charge is 2.24. The molecule has 1 fully saturated rings. The number of sulfonamides is 1. The van der Waals surface area contributed by atoms with Gasteiger partial charge in [-0.25, -0.2) is 17.1 Å². The molecule has 5 nitrogen and oxygen atoms in total. The van der Waals surface area contributed by atoms with Crippen LogP contribution in [-0.4, -0.2) is 56.0 Å². The van der Waals surface area contributed by atoms with Gasteiger partial charge in [0.2, 0.25) is 15.9 Å². The van der Waals surface area contributed by atoms with Gasteiger partial charge in [-0.2, -0.15) is 0 Å². The predicted molar refractivity (Wildman–Crippen MR) is 82.7 cm³/mol. The summed E-state index contributed by atoms with van der Waals surface area (Å²) in [6.07, 6.45) is 1.60. The van der Waals surface area contributed by atoms with Crippen molar-refractivity contribution >= 4 is 27.5 Å². The summed E-state index contributed by atoms with van der Waals surface area (Å²) in [5, 5.41) is 0.223. The highest BCUT2D eigenvalue weighted by atomic mass is 35.5. The number of nitrogens with zero attached hydrogens (tertiary/aromatic N) is 2. The summed E-state index contributed by atoms with van der Waals surface area (Å²) in [5.41, 5.74) is 0.179. The first-order valence-corrected chi connectivity index (χ1v) is 9.17. The van der Waals surface area contributed by atoms with Gasteiger partial charge in [-0.05, 0) is 18.6 Å². The van der Waals surface area contributed by atoms with E-state index < -0.39 is 15.8 Å². The van der Waals surface area contributed by atoms with Crippen molar-refractivity contribution in [2.45, 2.75) is 12.8 Å². The van der Waals surface area contributed by atoms with Crippen molar-refractivity contribution in [3.05, 3.63) is 34.6 Å². The van der Waals surface area contributed by atoms with Crippen LogP contribution in [0.3, 0.4) is 0 Å². The Bertz CT molecular complexity index is 646. The van der Waals surface area contributed by atoms with E-state index in [-0.39, 0.29) is 29.5 Å². The normalized spacial score (nSPS) is 17.3. The molecule has 1 amide bonds. The summed E-state index contributed by atoms with van der Waals surface area (Å²) < 4.78 is 38.2. The van der Waals surface area contributed by atoms with E-state index in [0.717, 1.165) is 6.26 Å². The Labute approximate surface area is 134 Å². The smallest absolute Gasteiger partial charge is 0.227 e. The summed E-state index contributed by atoms with van der Waals surface area (Å²) >= 11 is 5.93. The molecule has 1 aromatic rings. The largest absolute Gasteiger partial charge is 0.341 e. The van der Waals surface area contributed by atoms with E-state index in [1.807, 2.05) is 0 Å². The summed E-state index contributed by atoms with van der Waals surface area (Å²) in [7, 11) is -3.26. The van der Waals surface area contributed by atoms with Crippen molar-refractivity contribution in [1.29, 1.82) is 0 Å². The van der Waals surface area contributed by atoms with Gasteiger partial charge in [-0.1, -0.05) is 17.7 Å². The molecule has 0 aromatic heterocycles. The maximum Gasteiger partial charge on any atom is 0.227 e. The SMILES string of the molecule is CS(=O)(=O)N1CCCN(C(=O)Cc2c(F)cccc2Cl)CC1. The Kier molecular flexibility index (Phi) is 5.41. The van der Waals surface area contributed by atoms with Crippen LogP contribution < -0.4 is 0 Å². The van der Waals surface area contributed by atoms with E-state index in [2.05, 4.69) is 0 Å². The molecule has 1 aliphatic rings. The van der Waals surface area contributed by atoms with Crippen molar-refractivity contribution in [3.63, 3.8) is 0 Å². The fraction of sp³-hybridized carbons (Fsp3) is 0.500. The van der Waals surface area contributed by atoms with Crippen LogP contribution in [0.5, 0.6) is 0 Å². The van der Waals surface area contributed by atoms with Crippen LogP contribution in [-0.2, 0) is 21.2 Å². The third-order valence-corrected chi connectivity index (χ3v) is 5.32. The molecule has 1 aromatic carbocycles. The third-order valence-electron chi connectivity index (χ3n) is 3.67. The zero-order valence-electron chi connectivity index (χ0n) is 12.3. The van der Waals surface area contributed by atoms with Crippen molar-refractivity contribution in [2.24, 2.45) is 0 Å². The van der Waals surface area contributed by atoms with Crippen LogP contribution in [0.25, 0.3) is 0 Å². The van der Waals surface area contributed by atoms with E-state index in [0.29, 0.717) is 26.1 Å². The number of hydrogen-bond donors (Lipinski definition) is 0. The monoisotopic (exact) mass is 348 g/mol. The van der Waals surface area contributed by atoms with Crippen LogP contribution in [0.2, 0.25) is 5.02 Å². The van der Waals surface area contributed by atoms with Gasteiger partial charge in [0.1, 0.15) is 5.82 Å². The first-order valence-electron chi connectivity index (χ1n) is 6.95. The van der Waals surface area contributed by atoms with Crippen LogP contribution in [0, 0.1) is 5.82 Å². The lowest BCUT2D eigenvalue weighted by Gasteiger charge is -2.21. The van der Waals surface area contributed by atoms with Crippen molar-refractivity contribution < 1.29 is 17.6 Å². The van der Waals surface area contributed by atoms with Gasteiger partial charge >= 0.3 is 0 Å². The molecule has 1 saturated heterocycles. The standard InChI is InChI=1S/C14H18ClFN2O3S/c1-22(20,21)18-7-3-6-17(8-9-18)14(19)10-11-12(15)4-2-5-13(11)16/h2,4-5H,3,6-10H2,1H3. The fourth-order valence-corrected chi connectivity index (χ4v) is 3.54. The van der Waals surface area contributed by atoms with Crippen molar-refractivity contribution in [1.82, 2.24) is 9.21 Å². The fourth-order valence-electron chi connectivity index (χ4n) is 2.44. The molecule has 22 heavy (non-hydrogen) atoms. The number of carbonyl (C=O) groups is 1. The molecule has 0 saturated carbocycles. The number of rotatable bonds is 3. The highest BCUT2D eigenvalue weighted by molar-refractivity contribution is 7.88. The van der Waals surface area contributed by atoms with Gasteiger partial charge in [0.25, 0.3) is 0 Å². The van der Waals surface area contributed by atoms with Gasteiger partial charge in [-0.15, -0.1) is 0 Å². The summed E-state index contributed by atoms with van der Waals surface area (Å²) in [6, 6.07) is 4.30. The van der Waals surface area contributed by atoms with E-state index in [1.54, 1.807) is 11.0 Å². The Morgan fingerprint density at radius 1 is 1.27 bits per heavy atom. The van der Waals surface area contributed by atoms with Crippen molar-refractivity contribution in [2.75, 3.05) is 32.4 Å². The van der Waals surface area contributed by atoms with E-state index in [9.17, 15) is 17.6 Å². The second kappa shape index (κ2) is 6.93. The van der Waals surface area contributed by atoms with Gasteiger partial charge < -0.3 is 4.90 Å². The van der Waals surface area contributed by atoms with Gasteiger partial charge in [0.15, 0.2) is 0 Å². The molecule has 2 rings (SSSR count). The zero-order chi connectivity index (χ0) is 16.3. The summed E-state index contributed by atoms with van der Waals surface area (Å²) in [6.45, 7) is 1.41. The lowest BCUT2D eigenvalue weighted by molar-refractivity contribution is -0.130. The molecule has 122 valence electrons. The third kappa shape index (κ3) is 4.18. The van der Waals surface area contributed by atoms with Gasteiger partial charge in [0, 0.05) is 36.8 Å². The van der Waals surface area contributed by atoms with Gasteiger partial charge in [0.05, 0.1) is 12.7 Å². The molecule has 0 N–H and O–H groups in total. The topological polar surface area (TPSA) is 57.7 Å². The molecule has 0 spiro atoms. The highest BCUT2D eigenvalue weighted by Crippen LogP contribution is 2.20. The maximum absolute atomic E-state index is 13.7. The van der Waals surface area contributed by atoms with Crippen LogP contribution in [0.1, 0.15) is 12.0 Å². The quantitative estimate of drug-likeness (QED) is 0.832. The number of carbonyl (C=O) groups excluding carboxylic acids is 1. The lowest BCUT2D eigenvalue weighted by Crippen LogP contribution is -2.37. The molecular weight excluding hydrogens is 331 g/mol. The zero-order valence-corrected chi connectivity index (χ0v) is 13.8. The molecule has 0 unspecified atom stereocenters. The van der Waals surface area contributed by atoms with Crippen LogP contribution in [0.4, 0.5) is 4.39 Å². The minimum atomic E-state index is -3.26. The Hall–Kier alpha value is -1.18. The first-order chi connectivity index (χ1) is 10.3. The lowest BCUT2D eigenvalue weighted by atomic mass is 10.1. The first kappa shape index (κ1) is 17.2. The molecule has 8 heteroatoms. The van der Waals surface area contributed by atoms with Crippen molar-refractivity contribution in [3.8, 4) is 0 Å². The minimum Gasteiger partial charge on any atom is -0.341 e. The van der Waals surface area contributed by atoms with Crippen LogP contribution in [0.15, 0.2) is 18.2 Å². The average Bonchev–Trinajstić information content (AvgIpc) is 2.68. The summed E-state index contributed by atoms with van der Waals surface area (Å²) in [4.78, 5) is 13.9. The molecular formula is C14H18ClFN2O3S. The molecule has 0 bridgehead atoms. The second-order valence-electron chi connectivity index (χ2n) is 5.27. The Balaban J connectivity index is 2.05. The van der Waals surface area contributed by atoms with E-state index >= 15 is 0 Å². The minimum absolute atomic E-state index is 0.121. The summed E-state index contributed by atoms with van der Waals surface area (Å²) in [5.74, 6) is -0.754. The molecule has 0 aliphatic carbocycles. The molecule has 0 atom stereocenters. The second-order valence-corrected chi connectivity index (χ2v) is 7.66. The number of halogens is 2. The number of amides is 1. The molecule has 0 radical (unpaired) electrons. The van der Waals surface area contributed by atoms with Gasteiger partial charge in [-0.3, -0.25) is 4.79 Å². The maximum atomic E-state index is 13.7. The molecule has 1 heterocycles. The Morgan fingerprint density at radius 2 is 2.00 bits per heavy atom.